The molecule has 0 saturated heterocycles. The van der Waals surface area contributed by atoms with Crippen molar-refractivity contribution in [2.75, 3.05) is 13.4 Å². The standard InChI is InChI=1S/C5H6O2S2/c6-4-7-2-1-5(9)3-8/h1-2,4H2. The lowest BCUT2D eigenvalue weighted by Crippen LogP contribution is -2.01. The quantitative estimate of drug-likeness (QED) is 0.343. The summed E-state index contributed by atoms with van der Waals surface area (Å²) in [6.45, 7) is -0.161. The van der Waals surface area contributed by atoms with Crippen LogP contribution in [0, 0.1) is 0 Å². The molecule has 0 bridgehead atoms. The van der Waals surface area contributed by atoms with Gasteiger partial charge in [-0.15, -0.1) is 0 Å². The zero-order valence-electron chi connectivity index (χ0n) is 4.75. The molecular formula is C5H6O2S2. The molecule has 0 fully saturated rings. The summed E-state index contributed by atoms with van der Waals surface area (Å²) in [5.74, 6) is 0. The lowest BCUT2D eigenvalue weighted by atomic mass is 10.4. The fraction of sp³-hybridized carbons (Fsp3) is 0.600. The second kappa shape index (κ2) is 6.22. The minimum atomic E-state index is -0.514. The molecule has 9 heavy (non-hydrogen) atoms. The van der Waals surface area contributed by atoms with Crippen molar-refractivity contribution in [2.45, 2.75) is 6.42 Å². The Labute approximate surface area is 64.8 Å². The molecule has 2 nitrogen and oxygen atoms in total. The molecule has 0 aliphatic carbocycles. The molecule has 0 atom stereocenters. The van der Waals surface area contributed by atoms with Crippen molar-refractivity contribution < 1.29 is 9.84 Å². The number of hydrogen-bond donors (Lipinski definition) is 0. The molecule has 0 aliphatic rings. The highest BCUT2D eigenvalue weighted by molar-refractivity contribution is 7.88. The van der Waals surface area contributed by atoms with Gasteiger partial charge in [-0.05, 0) is 0 Å². The van der Waals surface area contributed by atoms with Gasteiger partial charge in [0.1, 0.15) is 0 Å². The van der Waals surface area contributed by atoms with Gasteiger partial charge in [0.2, 0.25) is 0 Å². The molecule has 0 aromatic carbocycles. The molecule has 0 aromatic heterocycles. The Kier molecular flexibility index (Phi) is 6.29. The normalized spacial score (nSPS) is 9.00. The van der Waals surface area contributed by atoms with E-state index in [2.05, 4.69) is 34.5 Å². The van der Waals surface area contributed by atoms with E-state index < -0.39 is 6.79 Å². The third kappa shape index (κ3) is 5.98. The first-order valence-corrected chi connectivity index (χ1v) is 3.19. The first-order chi connectivity index (χ1) is 4.31. The molecule has 0 N–H and O–H groups in total. The second-order valence-corrected chi connectivity index (χ2v) is 2.00. The van der Waals surface area contributed by atoms with E-state index in [0.717, 1.165) is 0 Å². The summed E-state index contributed by atoms with van der Waals surface area (Å²) in [4.78, 5) is 0.540. The molecule has 2 radical (unpaired) electrons. The highest BCUT2D eigenvalue weighted by Crippen LogP contribution is 1.85. The third-order valence-corrected chi connectivity index (χ3v) is 1.35. The molecule has 0 rings (SSSR count). The number of thiocarbonyl (C=S) groups is 2. The Morgan fingerprint density at radius 3 is 2.78 bits per heavy atom. The van der Waals surface area contributed by atoms with E-state index >= 15 is 0 Å². The summed E-state index contributed by atoms with van der Waals surface area (Å²) in [6.07, 6.45) is 0.529. The molecule has 0 unspecified atom stereocenters. The van der Waals surface area contributed by atoms with Gasteiger partial charge in [-0.3, -0.25) is 0 Å². The van der Waals surface area contributed by atoms with E-state index in [9.17, 15) is 5.11 Å². The van der Waals surface area contributed by atoms with E-state index in [4.69, 9.17) is 0 Å². The van der Waals surface area contributed by atoms with Gasteiger partial charge in [-0.2, -0.15) is 0 Å². The van der Waals surface area contributed by atoms with Crippen LogP contribution in [0.2, 0.25) is 0 Å². The Balaban J connectivity index is 3.07. The van der Waals surface area contributed by atoms with Gasteiger partial charge in [0.05, 0.1) is 12.0 Å². The molecule has 0 saturated carbocycles. The average Bonchev–Trinajstić information content (AvgIpc) is 1.89. The van der Waals surface area contributed by atoms with Crippen LogP contribution in [-0.2, 0) is 9.84 Å². The van der Waals surface area contributed by atoms with Gasteiger partial charge in [-0.25, -0.2) is 5.11 Å². The predicted molar refractivity (Wildman–Crippen MR) is 41.3 cm³/mol. The van der Waals surface area contributed by atoms with E-state index in [1.165, 1.54) is 0 Å². The SMILES string of the molecule is [O]COCCC(=S)[C]=S. The minimum absolute atomic E-state index is 0.353. The van der Waals surface area contributed by atoms with E-state index in [-0.39, 0.29) is 0 Å². The monoisotopic (exact) mass is 162 g/mol. The van der Waals surface area contributed by atoms with Crippen molar-refractivity contribution >= 4 is 34.7 Å². The molecule has 4 heteroatoms. The second-order valence-electron chi connectivity index (χ2n) is 1.30. The van der Waals surface area contributed by atoms with Crippen molar-refractivity contribution in [3.05, 3.63) is 0 Å². The van der Waals surface area contributed by atoms with Crippen LogP contribution in [0.15, 0.2) is 0 Å². The fourth-order valence-electron chi connectivity index (χ4n) is 0.275. The Hall–Kier alpha value is 0.100. The highest BCUT2D eigenvalue weighted by Gasteiger charge is 1.90. The number of rotatable bonds is 5. The molecule has 0 heterocycles. The van der Waals surface area contributed by atoms with Crippen molar-refractivity contribution in [1.82, 2.24) is 0 Å². The molecule has 0 aromatic rings. The molecule has 0 aliphatic heterocycles. The van der Waals surface area contributed by atoms with Crippen molar-refractivity contribution in [1.29, 1.82) is 0 Å². The summed E-state index contributed by atoms with van der Waals surface area (Å²) >= 11 is 9.07. The van der Waals surface area contributed by atoms with E-state index in [1.807, 2.05) is 0 Å². The maximum atomic E-state index is 9.69. The van der Waals surface area contributed by atoms with Crippen molar-refractivity contribution in [2.24, 2.45) is 0 Å². The number of hydrogen-bond acceptors (Lipinski definition) is 3. The van der Waals surface area contributed by atoms with Gasteiger partial charge in [0.15, 0.2) is 6.79 Å². The smallest absolute Gasteiger partial charge is 0.180 e. The van der Waals surface area contributed by atoms with Gasteiger partial charge in [0, 0.05) is 11.3 Å². The lowest BCUT2D eigenvalue weighted by molar-refractivity contribution is -0.0407. The van der Waals surface area contributed by atoms with Crippen molar-refractivity contribution in [3.63, 3.8) is 0 Å². The Bertz CT molecular complexity index is 103. The van der Waals surface area contributed by atoms with Crippen LogP contribution in [0.4, 0.5) is 0 Å². The van der Waals surface area contributed by atoms with Crippen LogP contribution >= 0.6 is 24.4 Å². The van der Waals surface area contributed by atoms with Crippen LogP contribution in [0.1, 0.15) is 6.42 Å². The summed E-state index contributed by atoms with van der Waals surface area (Å²) in [5, 5.41) is 12.0. The molecular weight excluding hydrogens is 156 g/mol. The molecule has 50 valence electrons. The topological polar surface area (TPSA) is 29.1 Å². The van der Waals surface area contributed by atoms with Crippen LogP contribution in [0.25, 0.3) is 0 Å². The van der Waals surface area contributed by atoms with Crippen LogP contribution in [-0.4, -0.2) is 23.6 Å². The third-order valence-electron chi connectivity index (χ3n) is 0.671. The fourth-order valence-corrected chi connectivity index (χ4v) is 0.460. The van der Waals surface area contributed by atoms with Crippen LogP contribution in [0.3, 0.4) is 0 Å². The zero-order chi connectivity index (χ0) is 7.11. The van der Waals surface area contributed by atoms with Gasteiger partial charge in [0.25, 0.3) is 0 Å². The average molecular weight is 162 g/mol. The van der Waals surface area contributed by atoms with Gasteiger partial charge in [-0.1, -0.05) is 24.4 Å². The maximum Gasteiger partial charge on any atom is 0.180 e. The molecule has 0 spiro atoms. The van der Waals surface area contributed by atoms with Crippen molar-refractivity contribution in [3.8, 4) is 0 Å². The van der Waals surface area contributed by atoms with Gasteiger partial charge < -0.3 is 4.74 Å². The summed E-state index contributed by atoms with van der Waals surface area (Å²) in [5.41, 5.74) is 0. The maximum absolute atomic E-state index is 9.69. The Morgan fingerprint density at radius 2 is 2.33 bits per heavy atom. The van der Waals surface area contributed by atoms with Crippen LogP contribution < -0.4 is 0 Å². The molecule has 0 amide bonds. The Morgan fingerprint density at radius 1 is 1.67 bits per heavy atom. The first-order valence-electron chi connectivity index (χ1n) is 2.38. The largest absolute Gasteiger partial charge is 0.352 e. The minimum Gasteiger partial charge on any atom is -0.352 e. The number of ether oxygens (including phenoxy) is 1. The predicted octanol–water partition coefficient (Wildman–Crippen LogP) is 1.03. The zero-order valence-corrected chi connectivity index (χ0v) is 6.39. The highest BCUT2D eigenvalue weighted by atomic mass is 32.1. The van der Waals surface area contributed by atoms with Gasteiger partial charge >= 0.3 is 0 Å². The summed E-state index contributed by atoms with van der Waals surface area (Å²) in [6, 6.07) is 0. The summed E-state index contributed by atoms with van der Waals surface area (Å²) < 4.78 is 4.48. The van der Waals surface area contributed by atoms with Crippen LogP contribution in [0.5, 0.6) is 0 Å². The van der Waals surface area contributed by atoms with E-state index in [1.54, 1.807) is 0 Å². The lowest BCUT2D eigenvalue weighted by Gasteiger charge is -1.94. The first kappa shape index (κ1) is 9.10. The summed E-state index contributed by atoms with van der Waals surface area (Å²) in [7, 11) is 0. The van der Waals surface area contributed by atoms with E-state index in [0.29, 0.717) is 17.9 Å².